The Hall–Kier alpha value is -1.98. The third-order valence-electron chi connectivity index (χ3n) is 5.55. The van der Waals surface area contributed by atoms with E-state index in [-0.39, 0.29) is 30.2 Å². The average molecular weight is 350 g/mol. The summed E-state index contributed by atoms with van der Waals surface area (Å²) in [4.78, 5) is 25.9. The highest BCUT2D eigenvalue weighted by atomic mass is 19.3. The van der Waals surface area contributed by atoms with Gasteiger partial charge in [0.2, 0.25) is 5.91 Å². The predicted octanol–water partition coefficient (Wildman–Crippen LogP) is 3.10. The molecule has 6 heteroatoms. The lowest BCUT2D eigenvalue weighted by Gasteiger charge is -2.24. The van der Waals surface area contributed by atoms with E-state index in [0.717, 1.165) is 0 Å². The van der Waals surface area contributed by atoms with Gasteiger partial charge in [0.25, 0.3) is 11.8 Å². The van der Waals surface area contributed by atoms with Gasteiger partial charge < -0.3 is 10.6 Å². The maximum atomic E-state index is 13.5. The van der Waals surface area contributed by atoms with E-state index in [1.165, 1.54) is 6.92 Å². The van der Waals surface area contributed by atoms with Gasteiger partial charge >= 0.3 is 0 Å². The van der Waals surface area contributed by atoms with Crippen LogP contribution in [-0.4, -0.2) is 35.2 Å². The summed E-state index contributed by atoms with van der Waals surface area (Å²) in [7, 11) is 0. The molecule has 1 aromatic carbocycles. The summed E-state index contributed by atoms with van der Waals surface area (Å²) in [6, 6.07) is 6.20. The van der Waals surface area contributed by atoms with Crippen LogP contribution in [-0.2, 0) is 10.2 Å². The molecule has 0 aromatic heterocycles. The summed E-state index contributed by atoms with van der Waals surface area (Å²) in [6.45, 7) is 6.18. The SMILES string of the molecule is CC1(C)CC(CC(N)=O)N(C(=O)c2ccc(C3(C)CC3(F)F)cc2)C1. The Kier molecular flexibility index (Phi) is 3.93. The lowest BCUT2D eigenvalue weighted by molar-refractivity contribution is -0.118. The van der Waals surface area contributed by atoms with Crippen molar-refractivity contribution in [1.29, 1.82) is 0 Å². The number of rotatable bonds is 4. The average Bonchev–Trinajstić information content (AvgIpc) is 2.86. The van der Waals surface area contributed by atoms with E-state index in [9.17, 15) is 18.4 Å². The summed E-state index contributed by atoms with van der Waals surface area (Å²) in [5, 5.41) is 0. The summed E-state index contributed by atoms with van der Waals surface area (Å²) in [6.07, 6.45) is 0.690. The topological polar surface area (TPSA) is 63.4 Å². The molecule has 2 aliphatic rings. The first-order chi connectivity index (χ1) is 11.5. The second-order valence-electron chi connectivity index (χ2n) is 8.42. The van der Waals surface area contributed by atoms with Gasteiger partial charge in [-0.2, -0.15) is 0 Å². The molecule has 0 spiro atoms. The summed E-state index contributed by atoms with van der Waals surface area (Å²) in [5.74, 6) is -3.29. The fourth-order valence-electron chi connectivity index (χ4n) is 3.91. The Morgan fingerprint density at radius 3 is 2.24 bits per heavy atom. The Morgan fingerprint density at radius 2 is 1.76 bits per heavy atom. The minimum absolute atomic E-state index is 0.0841. The van der Waals surface area contributed by atoms with Crippen molar-refractivity contribution in [1.82, 2.24) is 4.90 Å². The number of carbonyl (C=O) groups excluding carboxylic acids is 2. The minimum Gasteiger partial charge on any atom is -0.370 e. The number of hydrogen-bond acceptors (Lipinski definition) is 2. The van der Waals surface area contributed by atoms with Gasteiger partial charge in [0.05, 0.1) is 5.41 Å². The van der Waals surface area contributed by atoms with Gasteiger partial charge in [0, 0.05) is 31.0 Å². The second-order valence-corrected chi connectivity index (χ2v) is 8.42. The summed E-state index contributed by atoms with van der Waals surface area (Å²) >= 11 is 0. The number of alkyl halides is 2. The normalized spacial score (nSPS) is 29.5. The minimum atomic E-state index is -2.68. The van der Waals surface area contributed by atoms with Crippen LogP contribution in [0, 0.1) is 5.41 Å². The van der Waals surface area contributed by atoms with Crippen LogP contribution < -0.4 is 5.73 Å². The van der Waals surface area contributed by atoms with Gasteiger partial charge in [-0.3, -0.25) is 9.59 Å². The predicted molar refractivity (Wildman–Crippen MR) is 90.4 cm³/mol. The van der Waals surface area contributed by atoms with Crippen LogP contribution in [0.15, 0.2) is 24.3 Å². The molecule has 1 saturated carbocycles. The van der Waals surface area contributed by atoms with Gasteiger partial charge in [-0.1, -0.05) is 26.0 Å². The molecule has 4 nitrogen and oxygen atoms in total. The molecule has 2 atom stereocenters. The molecule has 2 fully saturated rings. The summed E-state index contributed by atoms with van der Waals surface area (Å²) < 4.78 is 27.0. The van der Waals surface area contributed by atoms with Crippen LogP contribution in [0.2, 0.25) is 0 Å². The van der Waals surface area contributed by atoms with E-state index in [1.54, 1.807) is 29.2 Å². The smallest absolute Gasteiger partial charge is 0.258 e. The first kappa shape index (κ1) is 17.8. The quantitative estimate of drug-likeness (QED) is 0.907. The fraction of sp³-hybridized carbons (Fsp3) is 0.579. The van der Waals surface area contributed by atoms with E-state index in [2.05, 4.69) is 0 Å². The Labute approximate surface area is 146 Å². The number of benzene rings is 1. The van der Waals surface area contributed by atoms with Crippen molar-refractivity contribution < 1.29 is 18.4 Å². The number of carbonyl (C=O) groups is 2. The van der Waals surface area contributed by atoms with Crippen molar-refractivity contribution in [2.75, 3.05) is 6.54 Å². The zero-order valence-corrected chi connectivity index (χ0v) is 14.8. The number of hydrogen-bond donors (Lipinski definition) is 1. The molecule has 2 unspecified atom stereocenters. The van der Waals surface area contributed by atoms with Gasteiger partial charge in [0.1, 0.15) is 0 Å². The molecule has 1 heterocycles. The molecule has 1 saturated heterocycles. The third-order valence-corrected chi connectivity index (χ3v) is 5.55. The molecule has 1 aliphatic heterocycles. The number of primary amides is 1. The van der Waals surface area contributed by atoms with Gasteiger partial charge in [-0.15, -0.1) is 0 Å². The number of nitrogens with zero attached hydrogens (tertiary/aromatic N) is 1. The highest BCUT2D eigenvalue weighted by Gasteiger charge is 2.68. The highest BCUT2D eigenvalue weighted by molar-refractivity contribution is 5.95. The van der Waals surface area contributed by atoms with E-state index in [0.29, 0.717) is 24.1 Å². The Bertz CT molecular complexity index is 715. The van der Waals surface area contributed by atoms with E-state index in [4.69, 9.17) is 5.73 Å². The number of halogens is 2. The second kappa shape index (κ2) is 5.51. The van der Waals surface area contributed by atoms with Gasteiger partial charge in [-0.05, 0) is 36.5 Å². The van der Waals surface area contributed by atoms with Crippen LogP contribution >= 0.6 is 0 Å². The van der Waals surface area contributed by atoms with E-state index >= 15 is 0 Å². The van der Waals surface area contributed by atoms with Crippen molar-refractivity contribution in [2.24, 2.45) is 11.1 Å². The maximum absolute atomic E-state index is 13.5. The van der Waals surface area contributed by atoms with Crippen molar-refractivity contribution in [3.63, 3.8) is 0 Å². The molecule has 2 N–H and O–H groups in total. The molecule has 3 rings (SSSR count). The standard InChI is InChI=1S/C19H24F2N2O2/c1-17(2)9-14(8-15(22)24)23(11-17)16(25)12-4-6-13(7-5-12)18(3)10-19(18,20)21/h4-7,14H,8-11H2,1-3H3,(H2,22,24). The van der Waals surface area contributed by atoms with Crippen LogP contribution in [0.4, 0.5) is 8.78 Å². The van der Waals surface area contributed by atoms with Crippen molar-refractivity contribution in [3.05, 3.63) is 35.4 Å². The number of nitrogens with two attached hydrogens (primary N) is 1. The third kappa shape index (κ3) is 3.14. The van der Waals surface area contributed by atoms with Gasteiger partial charge in [-0.25, -0.2) is 8.78 Å². The van der Waals surface area contributed by atoms with Crippen molar-refractivity contribution in [2.45, 2.75) is 57.4 Å². The number of amides is 2. The van der Waals surface area contributed by atoms with Crippen LogP contribution in [0.1, 0.15) is 56.0 Å². The van der Waals surface area contributed by atoms with Crippen LogP contribution in [0.5, 0.6) is 0 Å². The molecule has 25 heavy (non-hydrogen) atoms. The van der Waals surface area contributed by atoms with Crippen LogP contribution in [0.3, 0.4) is 0 Å². The van der Waals surface area contributed by atoms with Crippen molar-refractivity contribution >= 4 is 11.8 Å². The Morgan fingerprint density at radius 1 is 1.20 bits per heavy atom. The molecule has 1 aromatic rings. The molecule has 136 valence electrons. The summed E-state index contributed by atoms with van der Waals surface area (Å²) in [5.41, 5.74) is 5.10. The number of likely N-dealkylation sites (tertiary alicyclic amines) is 1. The zero-order chi connectivity index (χ0) is 18.6. The molecule has 1 aliphatic carbocycles. The molecule has 0 bridgehead atoms. The maximum Gasteiger partial charge on any atom is 0.258 e. The van der Waals surface area contributed by atoms with Crippen LogP contribution in [0.25, 0.3) is 0 Å². The lowest BCUT2D eigenvalue weighted by Crippen LogP contribution is -2.38. The van der Waals surface area contributed by atoms with E-state index in [1.807, 2.05) is 13.8 Å². The largest absolute Gasteiger partial charge is 0.370 e. The Balaban J connectivity index is 1.79. The molecular weight excluding hydrogens is 326 g/mol. The molecular formula is C19H24F2N2O2. The molecule has 0 radical (unpaired) electrons. The monoisotopic (exact) mass is 350 g/mol. The highest BCUT2D eigenvalue weighted by Crippen LogP contribution is 2.61. The molecule has 2 amide bonds. The fourth-order valence-corrected chi connectivity index (χ4v) is 3.91. The zero-order valence-electron chi connectivity index (χ0n) is 14.8. The first-order valence-corrected chi connectivity index (χ1v) is 8.53. The van der Waals surface area contributed by atoms with Gasteiger partial charge in [0.15, 0.2) is 0 Å². The van der Waals surface area contributed by atoms with Crippen molar-refractivity contribution in [3.8, 4) is 0 Å². The van der Waals surface area contributed by atoms with E-state index < -0.39 is 17.2 Å². The lowest BCUT2D eigenvalue weighted by atomic mass is 9.90. The first-order valence-electron chi connectivity index (χ1n) is 8.53.